The van der Waals surface area contributed by atoms with Gasteiger partial charge < -0.3 is 20.1 Å². The van der Waals surface area contributed by atoms with Crippen LogP contribution in [0.25, 0.3) is 5.65 Å². The topological polar surface area (TPSA) is 74.5 Å². The highest BCUT2D eigenvalue weighted by Crippen LogP contribution is 2.31. The lowest BCUT2D eigenvalue weighted by atomic mass is 9.80. The molecule has 0 aliphatic heterocycles. The molecular formula is C14H21N5O. The Bertz CT molecular complexity index is 590. The molecule has 1 fully saturated rings. The Labute approximate surface area is 118 Å². The zero-order valence-electron chi connectivity index (χ0n) is 11.8. The minimum absolute atomic E-state index is 0.528. The fourth-order valence-corrected chi connectivity index (χ4v) is 2.40. The first-order valence-corrected chi connectivity index (χ1v) is 7.24. The van der Waals surface area contributed by atoms with E-state index in [1.54, 1.807) is 6.20 Å². The van der Waals surface area contributed by atoms with E-state index in [1.807, 2.05) is 16.8 Å². The molecule has 108 valence electrons. The number of aliphatic hydroxyl groups is 1. The molecule has 0 bridgehead atoms. The van der Waals surface area contributed by atoms with Crippen LogP contribution in [-0.4, -0.2) is 38.2 Å². The largest absolute Gasteiger partial charge is 0.388 e. The second kappa shape index (κ2) is 5.28. The van der Waals surface area contributed by atoms with Crippen molar-refractivity contribution < 1.29 is 5.11 Å². The number of imidazole rings is 1. The fraction of sp³-hybridized carbons (Fsp3) is 0.571. The van der Waals surface area contributed by atoms with Gasteiger partial charge in [0.25, 0.3) is 0 Å². The van der Waals surface area contributed by atoms with E-state index in [0.29, 0.717) is 6.54 Å². The van der Waals surface area contributed by atoms with E-state index in [0.717, 1.165) is 49.5 Å². The molecule has 2 aromatic rings. The van der Waals surface area contributed by atoms with Crippen molar-refractivity contribution >= 4 is 17.3 Å². The van der Waals surface area contributed by atoms with Crippen molar-refractivity contribution in [1.82, 2.24) is 14.4 Å². The van der Waals surface area contributed by atoms with Gasteiger partial charge in [-0.3, -0.25) is 0 Å². The van der Waals surface area contributed by atoms with Gasteiger partial charge >= 0.3 is 0 Å². The Hall–Kier alpha value is -1.82. The first-order chi connectivity index (χ1) is 9.70. The summed E-state index contributed by atoms with van der Waals surface area (Å²) in [6.07, 6.45) is 9.45. The van der Waals surface area contributed by atoms with Gasteiger partial charge in [0.1, 0.15) is 5.82 Å². The van der Waals surface area contributed by atoms with Gasteiger partial charge in [-0.1, -0.05) is 6.92 Å². The second-order valence-corrected chi connectivity index (χ2v) is 5.49. The minimum atomic E-state index is -0.571. The van der Waals surface area contributed by atoms with Crippen LogP contribution in [-0.2, 0) is 0 Å². The van der Waals surface area contributed by atoms with Crippen molar-refractivity contribution in [2.75, 3.05) is 23.7 Å². The summed E-state index contributed by atoms with van der Waals surface area (Å²) in [7, 11) is 0. The van der Waals surface area contributed by atoms with Gasteiger partial charge in [0.15, 0.2) is 11.5 Å². The number of nitrogens with one attached hydrogen (secondary N) is 2. The van der Waals surface area contributed by atoms with Crippen LogP contribution in [0.4, 0.5) is 11.6 Å². The van der Waals surface area contributed by atoms with Gasteiger partial charge in [0, 0.05) is 25.5 Å². The van der Waals surface area contributed by atoms with Crippen molar-refractivity contribution in [2.24, 2.45) is 0 Å². The molecule has 20 heavy (non-hydrogen) atoms. The van der Waals surface area contributed by atoms with E-state index in [1.165, 1.54) is 0 Å². The normalized spacial score (nSPS) is 16.9. The molecule has 0 saturated heterocycles. The van der Waals surface area contributed by atoms with Crippen LogP contribution in [0.2, 0.25) is 0 Å². The highest BCUT2D eigenvalue weighted by molar-refractivity contribution is 5.65. The number of rotatable bonds is 6. The van der Waals surface area contributed by atoms with E-state index in [2.05, 4.69) is 27.5 Å². The lowest BCUT2D eigenvalue weighted by molar-refractivity contribution is -0.0202. The van der Waals surface area contributed by atoms with E-state index in [4.69, 9.17) is 0 Å². The monoisotopic (exact) mass is 275 g/mol. The number of hydrogen-bond donors (Lipinski definition) is 3. The number of nitrogens with zero attached hydrogens (tertiary/aromatic N) is 3. The van der Waals surface area contributed by atoms with Crippen LogP contribution in [0.3, 0.4) is 0 Å². The van der Waals surface area contributed by atoms with Crippen molar-refractivity contribution in [3.8, 4) is 0 Å². The molecule has 3 rings (SSSR count). The highest BCUT2D eigenvalue weighted by atomic mass is 16.3. The number of anilines is 2. The first-order valence-electron chi connectivity index (χ1n) is 7.24. The summed E-state index contributed by atoms with van der Waals surface area (Å²) in [5, 5.41) is 16.7. The molecular weight excluding hydrogens is 254 g/mol. The summed E-state index contributed by atoms with van der Waals surface area (Å²) >= 11 is 0. The molecule has 1 aliphatic rings. The van der Waals surface area contributed by atoms with Gasteiger partial charge in [-0.05, 0) is 25.7 Å². The van der Waals surface area contributed by atoms with Crippen molar-refractivity contribution in [3.05, 3.63) is 18.6 Å². The summed E-state index contributed by atoms with van der Waals surface area (Å²) in [5.41, 5.74) is 0.216. The van der Waals surface area contributed by atoms with Crippen LogP contribution in [0.5, 0.6) is 0 Å². The van der Waals surface area contributed by atoms with Gasteiger partial charge in [0.05, 0.1) is 11.8 Å². The highest BCUT2D eigenvalue weighted by Gasteiger charge is 2.34. The predicted molar refractivity (Wildman–Crippen MR) is 79.1 cm³/mol. The van der Waals surface area contributed by atoms with E-state index in [9.17, 15) is 5.11 Å². The van der Waals surface area contributed by atoms with Crippen LogP contribution in [0.1, 0.15) is 32.6 Å². The summed E-state index contributed by atoms with van der Waals surface area (Å²) in [6.45, 7) is 3.53. The Morgan fingerprint density at radius 3 is 2.95 bits per heavy atom. The average Bonchev–Trinajstić information content (AvgIpc) is 2.88. The zero-order valence-corrected chi connectivity index (χ0v) is 11.8. The molecule has 0 spiro atoms. The maximum Gasteiger partial charge on any atom is 0.180 e. The fourth-order valence-electron chi connectivity index (χ4n) is 2.40. The SMILES string of the molecule is CCCNc1cn2ccnc2c(NCC2(O)CCC2)n1. The summed E-state index contributed by atoms with van der Waals surface area (Å²) in [5.74, 6) is 1.54. The standard InChI is InChI=1S/C14H21N5O/c1-2-6-15-11-9-19-8-7-16-13(19)12(18-11)17-10-14(20)4-3-5-14/h7-9,15,20H,2-6,10H2,1H3,(H,17,18). The Morgan fingerprint density at radius 1 is 1.40 bits per heavy atom. The molecule has 0 radical (unpaired) electrons. The van der Waals surface area contributed by atoms with Crippen molar-refractivity contribution in [1.29, 1.82) is 0 Å². The maximum atomic E-state index is 10.2. The zero-order chi connectivity index (χ0) is 14.0. The molecule has 6 nitrogen and oxygen atoms in total. The maximum absolute atomic E-state index is 10.2. The molecule has 1 aliphatic carbocycles. The molecule has 0 aromatic carbocycles. The molecule has 2 aromatic heterocycles. The third-order valence-corrected chi connectivity index (χ3v) is 3.80. The van der Waals surface area contributed by atoms with Crippen molar-refractivity contribution in [3.63, 3.8) is 0 Å². The van der Waals surface area contributed by atoms with Crippen molar-refractivity contribution in [2.45, 2.75) is 38.2 Å². The van der Waals surface area contributed by atoms with Gasteiger partial charge in [0.2, 0.25) is 0 Å². The smallest absolute Gasteiger partial charge is 0.180 e. The average molecular weight is 275 g/mol. The molecule has 3 N–H and O–H groups in total. The predicted octanol–water partition coefficient (Wildman–Crippen LogP) is 1.88. The number of aromatic nitrogens is 3. The van der Waals surface area contributed by atoms with E-state index in [-0.39, 0.29) is 0 Å². The van der Waals surface area contributed by atoms with Gasteiger partial charge in [-0.25, -0.2) is 9.97 Å². The number of hydrogen-bond acceptors (Lipinski definition) is 5. The first kappa shape index (κ1) is 13.2. The third kappa shape index (κ3) is 2.56. The Kier molecular flexibility index (Phi) is 3.48. The van der Waals surface area contributed by atoms with E-state index >= 15 is 0 Å². The summed E-state index contributed by atoms with van der Waals surface area (Å²) < 4.78 is 1.94. The summed E-state index contributed by atoms with van der Waals surface area (Å²) in [4.78, 5) is 8.87. The van der Waals surface area contributed by atoms with Crippen LogP contribution in [0, 0.1) is 0 Å². The Morgan fingerprint density at radius 2 is 2.25 bits per heavy atom. The minimum Gasteiger partial charge on any atom is -0.388 e. The lowest BCUT2D eigenvalue weighted by Crippen LogP contribution is -2.43. The van der Waals surface area contributed by atoms with Gasteiger partial charge in [-0.2, -0.15) is 0 Å². The molecule has 0 amide bonds. The van der Waals surface area contributed by atoms with Crippen LogP contribution >= 0.6 is 0 Å². The van der Waals surface area contributed by atoms with Gasteiger partial charge in [-0.15, -0.1) is 0 Å². The third-order valence-electron chi connectivity index (χ3n) is 3.80. The quantitative estimate of drug-likeness (QED) is 0.750. The molecule has 1 saturated carbocycles. The molecule has 0 unspecified atom stereocenters. The number of fused-ring (bicyclic) bond motifs is 1. The molecule has 2 heterocycles. The van der Waals surface area contributed by atoms with Crippen LogP contribution < -0.4 is 10.6 Å². The second-order valence-electron chi connectivity index (χ2n) is 5.49. The molecule has 0 atom stereocenters. The van der Waals surface area contributed by atoms with Crippen LogP contribution in [0.15, 0.2) is 18.6 Å². The summed E-state index contributed by atoms with van der Waals surface area (Å²) in [6, 6.07) is 0. The molecule has 6 heteroatoms. The lowest BCUT2D eigenvalue weighted by Gasteiger charge is -2.36. The Balaban J connectivity index is 1.81. The van der Waals surface area contributed by atoms with E-state index < -0.39 is 5.60 Å².